The fourth-order valence-electron chi connectivity index (χ4n) is 1.48. The van der Waals surface area contributed by atoms with E-state index in [0.29, 0.717) is 6.54 Å². The van der Waals surface area contributed by atoms with Crippen LogP contribution in [0.2, 0.25) is 0 Å². The minimum Gasteiger partial charge on any atom is -0.480 e. The summed E-state index contributed by atoms with van der Waals surface area (Å²) in [7, 11) is 1.79. The first-order chi connectivity index (χ1) is 8.58. The molecule has 0 saturated carbocycles. The highest BCUT2D eigenvalue weighted by Gasteiger charge is 2.17. The number of carbonyl (C=O) groups is 1. The average Bonchev–Trinajstić information content (AvgIpc) is 2.96. The number of hydrogen-bond acceptors (Lipinski definition) is 5. The van der Waals surface area contributed by atoms with Gasteiger partial charge in [0.15, 0.2) is 0 Å². The van der Waals surface area contributed by atoms with Crippen molar-refractivity contribution in [3.05, 3.63) is 27.9 Å². The van der Waals surface area contributed by atoms with Gasteiger partial charge in [0.2, 0.25) is 0 Å². The fraction of sp³-hybridized carbons (Fsp3) is 0.333. The van der Waals surface area contributed by atoms with Crippen LogP contribution in [0, 0.1) is 0 Å². The number of thiazole rings is 1. The monoisotopic (exact) mass is 318 g/mol. The Labute approximate surface area is 126 Å². The summed E-state index contributed by atoms with van der Waals surface area (Å²) in [5.74, 6) is -0.814. The van der Waals surface area contributed by atoms with Crippen LogP contribution >= 0.6 is 35.1 Å². The molecule has 0 spiro atoms. The lowest BCUT2D eigenvalue weighted by Gasteiger charge is -2.19. The van der Waals surface area contributed by atoms with Crippen molar-refractivity contribution < 1.29 is 9.90 Å². The smallest absolute Gasteiger partial charge is 0.320 e. The number of carboxylic acids is 1. The lowest BCUT2D eigenvalue weighted by atomic mass is 10.3. The van der Waals surface area contributed by atoms with E-state index in [2.05, 4.69) is 10.4 Å². The van der Waals surface area contributed by atoms with Crippen LogP contribution < -0.4 is 0 Å². The van der Waals surface area contributed by atoms with Gasteiger partial charge in [0.1, 0.15) is 11.0 Å². The Balaban J connectivity index is 0.00000180. The van der Waals surface area contributed by atoms with Crippen LogP contribution in [0.3, 0.4) is 0 Å². The van der Waals surface area contributed by atoms with Crippen LogP contribution in [0.5, 0.6) is 0 Å². The summed E-state index contributed by atoms with van der Waals surface area (Å²) in [4.78, 5) is 17.2. The zero-order valence-electron chi connectivity index (χ0n) is 10.6. The van der Waals surface area contributed by atoms with Gasteiger partial charge in [0, 0.05) is 22.9 Å². The van der Waals surface area contributed by atoms with Gasteiger partial charge in [-0.2, -0.15) is 11.3 Å². The summed E-state index contributed by atoms with van der Waals surface area (Å²) in [6, 6.07) is 1.54. The fourth-order valence-corrected chi connectivity index (χ4v) is 3.00. The molecule has 1 atom stereocenters. The third-order valence-corrected chi connectivity index (χ3v) is 4.37. The highest BCUT2D eigenvalue weighted by atomic mass is 35.5. The van der Waals surface area contributed by atoms with Crippen molar-refractivity contribution in [3.8, 4) is 10.6 Å². The maximum atomic E-state index is 10.9. The molecule has 2 heterocycles. The lowest BCUT2D eigenvalue weighted by Crippen LogP contribution is -2.35. The first-order valence-electron chi connectivity index (χ1n) is 5.48. The molecule has 19 heavy (non-hydrogen) atoms. The number of thiophene rings is 1. The molecule has 0 bridgehead atoms. The molecule has 1 unspecified atom stereocenters. The molecule has 104 valence electrons. The van der Waals surface area contributed by atoms with Crippen molar-refractivity contribution in [1.29, 1.82) is 0 Å². The van der Waals surface area contributed by atoms with Crippen molar-refractivity contribution in [2.45, 2.75) is 19.5 Å². The van der Waals surface area contributed by atoms with Crippen molar-refractivity contribution in [2.24, 2.45) is 0 Å². The molecular weight excluding hydrogens is 304 g/mol. The van der Waals surface area contributed by atoms with E-state index in [-0.39, 0.29) is 12.4 Å². The SMILES string of the molecule is CC(C(=O)O)N(C)Cc1csc(-c2ccsc2)n1.Cl. The van der Waals surface area contributed by atoms with E-state index in [1.54, 1.807) is 41.5 Å². The molecule has 2 aromatic heterocycles. The van der Waals surface area contributed by atoms with E-state index in [9.17, 15) is 4.79 Å². The molecule has 0 aromatic carbocycles. The maximum absolute atomic E-state index is 10.9. The summed E-state index contributed by atoms with van der Waals surface area (Å²) < 4.78 is 0. The molecule has 0 amide bonds. The quantitative estimate of drug-likeness (QED) is 0.920. The van der Waals surface area contributed by atoms with Gasteiger partial charge in [0.05, 0.1) is 5.69 Å². The molecule has 0 aliphatic carbocycles. The molecule has 0 radical (unpaired) electrons. The van der Waals surface area contributed by atoms with Crippen molar-refractivity contribution in [1.82, 2.24) is 9.88 Å². The van der Waals surface area contributed by atoms with E-state index < -0.39 is 12.0 Å². The summed E-state index contributed by atoms with van der Waals surface area (Å²) in [5.41, 5.74) is 2.04. The molecule has 0 aliphatic heterocycles. The van der Waals surface area contributed by atoms with Crippen LogP contribution in [0.25, 0.3) is 10.6 Å². The van der Waals surface area contributed by atoms with Crippen molar-refractivity contribution in [2.75, 3.05) is 7.05 Å². The maximum Gasteiger partial charge on any atom is 0.320 e. The van der Waals surface area contributed by atoms with Gasteiger partial charge in [0.25, 0.3) is 0 Å². The number of aliphatic carboxylic acids is 1. The van der Waals surface area contributed by atoms with Gasteiger partial charge < -0.3 is 5.11 Å². The van der Waals surface area contributed by atoms with E-state index >= 15 is 0 Å². The molecule has 2 aromatic rings. The first kappa shape index (κ1) is 16.1. The second kappa shape index (κ2) is 7.00. The van der Waals surface area contributed by atoms with Crippen LogP contribution in [-0.4, -0.2) is 34.0 Å². The van der Waals surface area contributed by atoms with E-state index in [4.69, 9.17) is 5.11 Å². The number of aromatic nitrogens is 1. The Morgan fingerprint density at radius 3 is 2.84 bits per heavy atom. The second-order valence-electron chi connectivity index (χ2n) is 4.09. The van der Waals surface area contributed by atoms with Gasteiger partial charge >= 0.3 is 5.97 Å². The zero-order chi connectivity index (χ0) is 13.1. The summed E-state index contributed by atoms with van der Waals surface area (Å²) in [5, 5.41) is 16.0. The first-order valence-corrected chi connectivity index (χ1v) is 7.30. The minimum atomic E-state index is -0.814. The topological polar surface area (TPSA) is 53.4 Å². The number of carboxylic acid groups (broad SMARTS) is 1. The number of rotatable bonds is 5. The van der Waals surface area contributed by atoms with Crippen LogP contribution in [0.15, 0.2) is 22.2 Å². The molecule has 2 rings (SSSR count). The summed E-state index contributed by atoms with van der Waals surface area (Å²) in [6.45, 7) is 2.22. The Hall–Kier alpha value is -0.950. The largest absolute Gasteiger partial charge is 0.480 e. The Morgan fingerprint density at radius 1 is 1.53 bits per heavy atom. The predicted molar refractivity (Wildman–Crippen MR) is 81.2 cm³/mol. The average molecular weight is 319 g/mol. The second-order valence-corrected chi connectivity index (χ2v) is 5.72. The predicted octanol–water partition coefficient (Wildman–Crippen LogP) is 3.20. The molecule has 0 aliphatic rings. The van der Waals surface area contributed by atoms with Crippen molar-refractivity contribution >= 4 is 41.0 Å². The van der Waals surface area contributed by atoms with Gasteiger partial charge in [-0.15, -0.1) is 23.7 Å². The zero-order valence-corrected chi connectivity index (χ0v) is 13.0. The molecular formula is C12H15ClN2O2S2. The number of halogens is 1. The third kappa shape index (κ3) is 4.01. The standard InChI is InChI=1S/C12H14N2O2S2.ClH/c1-8(12(15)16)14(2)5-10-7-18-11(13-10)9-3-4-17-6-9;/h3-4,6-8H,5H2,1-2H3,(H,15,16);1H. The van der Waals surface area contributed by atoms with E-state index in [1.807, 2.05) is 16.8 Å². The summed E-state index contributed by atoms with van der Waals surface area (Å²) in [6.07, 6.45) is 0. The molecule has 0 saturated heterocycles. The third-order valence-electron chi connectivity index (χ3n) is 2.75. The molecule has 1 N–H and O–H groups in total. The number of hydrogen-bond donors (Lipinski definition) is 1. The van der Waals surface area contributed by atoms with Gasteiger partial charge in [-0.25, -0.2) is 4.98 Å². The van der Waals surface area contributed by atoms with Gasteiger partial charge in [-0.1, -0.05) is 0 Å². The van der Waals surface area contributed by atoms with Crippen LogP contribution in [0.4, 0.5) is 0 Å². The van der Waals surface area contributed by atoms with E-state index in [0.717, 1.165) is 16.3 Å². The van der Waals surface area contributed by atoms with Crippen LogP contribution in [-0.2, 0) is 11.3 Å². The number of likely N-dealkylation sites (N-methyl/N-ethyl adjacent to an activating group) is 1. The minimum absolute atomic E-state index is 0. The molecule has 0 fully saturated rings. The molecule has 7 heteroatoms. The van der Waals surface area contributed by atoms with Crippen LogP contribution in [0.1, 0.15) is 12.6 Å². The van der Waals surface area contributed by atoms with Crippen molar-refractivity contribution in [3.63, 3.8) is 0 Å². The Bertz CT molecular complexity index is 528. The normalized spacial score (nSPS) is 12.2. The summed E-state index contributed by atoms with van der Waals surface area (Å²) >= 11 is 3.24. The lowest BCUT2D eigenvalue weighted by molar-refractivity contribution is -0.142. The highest BCUT2D eigenvalue weighted by molar-refractivity contribution is 7.14. The Morgan fingerprint density at radius 2 is 2.26 bits per heavy atom. The van der Waals surface area contributed by atoms with Gasteiger partial charge in [-0.3, -0.25) is 9.69 Å². The molecule has 4 nitrogen and oxygen atoms in total. The highest BCUT2D eigenvalue weighted by Crippen LogP contribution is 2.26. The van der Waals surface area contributed by atoms with Gasteiger partial charge in [-0.05, 0) is 25.4 Å². The van der Waals surface area contributed by atoms with E-state index in [1.165, 1.54) is 0 Å². The Kier molecular flexibility index (Phi) is 5.93. The number of nitrogens with zero attached hydrogens (tertiary/aromatic N) is 2.